The second-order valence-corrected chi connectivity index (χ2v) is 6.13. The van der Waals surface area contributed by atoms with Crippen molar-refractivity contribution in [3.05, 3.63) is 69.9 Å². The molecule has 19 heavy (non-hydrogen) atoms. The van der Waals surface area contributed by atoms with E-state index in [4.69, 9.17) is 0 Å². The van der Waals surface area contributed by atoms with E-state index in [2.05, 4.69) is 50.3 Å². The average molecular weight is 248 g/mol. The van der Waals surface area contributed by atoms with Gasteiger partial charge < -0.3 is 0 Å². The van der Waals surface area contributed by atoms with Crippen LogP contribution in [0.1, 0.15) is 39.5 Å². The smallest absolute Gasteiger partial charge is 0.0213 e. The molecule has 0 bridgehead atoms. The highest BCUT2D eigenvalue weighted by atomic mass is 14.6. The van der Waals surface area contributed by atoms with Crippen LogP contribution in [0.4, 0.5) is 0 Å². The molecule has 0 amide bonds. The van der Waals surface area contributed by atoms with Gasteiger partial charge in [0.25, 0.3) is 0 Å². The van der Waals surface area contributed by atoms with E-state index in [0.29, 0.717) is 5.41 Å². The fourth-order valence-corrected chi connectivity index (χ4v) is 4.19. The summed E-state index contributed by atoms with van der Waals surface area (Å²) < 4.78 is 0. The fourth-order valence-electron chi connectivity index (χ4n) is 4.19. The molecule has 0 nitrogen and oxygen atoms in total. The van der Waals surface area contributed by atoms with E-state index >= 15 is 0 Å². The summed E-state index contributed by atoms with van der Waals surface area (Å²) in [5.74, 6) is 0. The summed E-state index contributed by atoms with van der Waals surface area (Å²) in [6, 6.07) is 0. The maximum Gasteiger partial charge on any atom is 0.0213 e. The Morgan fingerprint density at radius 1 is 1.16 bits per heavy atom. The highest BCUT2D eigenvalue weighted by Gasteiger charge is 2.53. The zero-order valence-corrected chi connectivity index (χ0v) is 11.8. The SMILES string of the molecule is CCC12CCCC3=C4C(=CC=CC1=C42)C(C)=CC=C3. The van der Waals surface area contributed by atoms with Crippen LogP contribution in [0.2, 0.25) is 0 Å². The molecule has 96 valence electrons. The van der Waals surface area contributed by atoms with Crippen LogP contribution in [-0.4, -0.2) is 0 Å². The molecule has 0 heteroatoms. The Morgan fingerprint density at radius 3 is 2.84 bits per heavy atom. The number of hydrogen-bond acceptors (Lipinski definition) is 0. The molecule has 0 saturated carbocycles. The molecule has 1 unspecified atom stereocenters. The van der Waals surface area contributed by atoms with Gasteiger partial charge >= 0.3 is 0 Å². The third-order valence-corrected chi connectivity index (χ3v) is 5.29. The first-order chi connectivity index (χ1) is 9.28. The van der Waals surface area contributed by atoms with Crippen LogP contribution in [-0.2, 0) is 0 Å². The van der Waals surface area contributed by atoms with Gasteiger partial charge in [-0.2, -0.15) is 0 Å². The Morgan fingerprint density at radius 2 is 2.00 bits per heavy atom. The van der Waals surface area contributed by atoms with Gasteiger partial charge in [-0.3, -0.25) is 0 Å². The molecule has 4 rings (SSSR count). The van der Waals surface area contributed by atoms with Gasteiger partial charge in [-0.1, -0.05) is 43.4 Å². The van der Waals surface area contributed by atoms with Crippen LogP contribution >= 0.6 is 0 Å². The van der Waals surface area contributed by atoms with E-state index in [0.717, 1.165) is 0 Å². The molecular formula is C19H20. The van der Waals surface area contributed by atoms with Crippen molar-refractivity contribution >= 4 is 0 Å². The number of fused-ring (bicyclic) bond motifs is 1. The minimum absolute atomic E-state index is 0.422. The highest BCUT2D eigenvalue weighted by molar-refractivity contribution is 5.77. The summed E-state index contributed by atoms with van der Waals surface area (Å²) in [6.07, 6.45) is 19.0. The van der Waals surface area contributed by atoms with E-state index in [1.807, 2.05) is 0 Å². The van der Waals surface area contributed by atoms with Gasteiger partial charge in [0.05, 0.1) is 0 Å². The lowest BCUT2D eigenvalue weighted by atomic mass is 9.84. The minimum Gasteiger partial charge on any atom is -0.0642 e. The second kappa shape index (κ2) is 3.72. The third kappa shape index (κ3) is 1.35. The van der Waals surface area contributed by atoms with Crippen LogP contribution in [0, 0.1) is 5.41 Å². The van der Waals surface area contributed by atoms with Gasteiger partial charge in [0.2, 0.25) is 0 Å². The molecule has 0 aromatic heterocycles. The zero-order valence-electron chi connectivity index (χ0n) is 11.8. The van der Waals surface area contributed by atoms with Crippen molar-refractivity contribution < 1.29 is 0 Å². The number of allylic oxidation sites excluding steroid dienone is 12. The van der Waals surface area contributed by atoms with E-state index < -0.39 is 0 Å². The number of rotatable bonds is 1. The molecule has 0 saturated heterocycles. The van der Waals surface area contributed by atoms with Gasteiger partial charge in [-0.15, -0.1) is 0 Å². The lowest BCUT2D eigenvalue weighted by Crippen LogP contribution is -2.07. The van der Waals surface area contributed by atoms with Gasteiger partial charge in [0.15, 0.2) is 0 Å². The molecule has 1 atom stereocenters. The van der Waals surface area contributed by atoms with Crippen molar-refractivity contribution in [3.63, 3.8) is 0 Å². The molecule has 0 spiro atoms. The predicted molar refractivity (Wildman–Crippen MR) is 80.7 cm³/mol. The standard InChI is InChI=1S/C19H20/c1-3-19-12-6-9-14-8-4-7-13(2)15-10-5-11-16(19)18(19)17(14)15/h4-5,7-8,10-11H,3,6,9,12H2,1-2H3. The molecule has 4 aliphatic rings. The van der Waals surface area contributed by atoms with Crippen molar-refractivity contribution in [2.75, 3.05) is 0 Å². The Balaban J connectivity index is 1.98. The van der Waals surface area contributed by atoms with Crippen LogP contribution in [0.25, 0.3) is 0 Å². The molecule has 0 aliphatic heterocycles. The number of hydrogen-bond donors (Lipinski definition) is 0. The summed E-state index contributed by atoms with van der Waals surface area (Å²) in [5.41, 5.74) is 9.70. The Hall–Kier alpha value is -1.56. The van der Waals surface area contributed by atoms with Crippen molar-refractivity contribution in [2.24, 2.45) is 5.41 Å². The summed E-state index contributed by atoms with van der Waals surface area (Å²) in [6.45, 7) is 4.60. The lowest BCUT2D eigenvalue weighted by Gasteiger charge is -2.19. The van der Waals surface area contributed by atoms with Crippen LogP contribution in [0.15, 0.2) is 69.9 Å². The first-order valence-electron chi connectivity index (χ1n) is 7.51. The van der Waals surface area contributed by atoms with Crippen LogP contribution < -0.4 is 0 Å². The van der Waals surface area contributed by atoms with E-state index in [1.54, 1.807) is 22.3 Å². The quantitative estimate of drug-likeness (QED) is 0.599. The maximum atomic E-state index is 2.37. The van der Waals surface area contributed by atoms with E-state index in [-0.39, 0.29) is 0 Å². The molecular weight excluding hydrogens is 228 g/mol. The van der Waals surface area contributed by atoms with E-state index in [1.165, 1.54) is 36.8 Å². The molecule has 0 heterocycles. The van der Waals surface area contributed by atoms with E-state index in [9.17, 15) is 0 Å². The molecule has 0 fully saturated rings. The third-order valence-electron chi connectivity index (χ3n) is 5.29. The highest BCUT2D eigenvalue weighted by Crippen LogP contribution is 2.66. The second-order valence-electron chi connectivity index (χ2n) is 6.13. The monoisotopic (exact) mass is 248 g/mol. The topological polar surface area (TPSA) is 0 Å². The van der Waals surface area contributed by atoms with Crippen molar-refractivity contribution in [1.29, 1.82) is 0 Å². The molecule has 0 N–H and O–H groups in total. The Bertz CT molecular complexity index is 644. The fraction of sp³-hybridized carbons (Fsp3) is 0.368. The van der Waals surface area contributed by atoms with Crippen molar-refractivity contribution in [3.8, 4) is 0 Å². The average Bonchev–Trinajstić information content (AvgIpc) is 3.10. The molecule has 0 aromatic carbocycles. The zero-order chi connectivity index (χ0) is 13.0. The predicted octanol–water partition coefficient (Wildman–Crippen LogP) is 5.19. The normalized spacial score (nSPS) is 31.3. The Kier molecular flexibility index (Phi) is 2.21. The van der Waals surface area contributed by atoms with Crippen LogP contribution in [0.5, 0.6) is 0 Å². The molecule has 4 aliphatic carbocycles. The largest absolute Gasteiger partial charge is 0.0642 e. The molecule has 0 radical (unpaired) electrons. The summed E-state index contributed by atoms with van der Waals surface area (Å²) in [7, 11) is 0. The maximum absolute atomic E-state index is 2.37. The summed E-state index contributed by atoms with van der Waals surface area (Å²) >= 11 is 0. The van der Waals surface area contributed by atoms with Crippen molar-refractivity contribution in [2.45, 2.75) is 39.5 Å². The van der Waals surface area contributed by atoms with Gasteiger partial charge in [0, 0.05) is 5.41 Å². The van der Waals surface area contributed by atoms with Gasteiger partial charge in [-0.25, -0.2) is 0 Å². The first kappa shape index (κ1) is 11.3. The van der Waals surface area contributed by atoms with Gasteiger partial charge in [0.1, 0.15) is 0 Å². The first-order valence-corrected chi connectivity index (χ1v) is 7.51. The lowest BCUT2D eigenvalue weighted by molar-refractivity contribution is 0.466. The Labute approximate surface area is 115 Å². The van der Waals surface area contributed by atoms with Crippen molar-refractivity contribution in [1.82, 2.24) is 0 Å². The summed E-state index contributed by atoms with van der Waals surface area (Å²) in [4.78, 5) is 0. The summed E-state index contributed by atoms with van der Waals surface area (Å²) in [5, 5.41) is 0. The molecule has 0 aromatic rings. The van der Waals surface area contributed by atoms with Gasteiger partial charge in [-0.05, 0) is 66.0 Å². The van der Waals surface area contributed by atoms with Crippen LogP contribution in [0.3, 0.4) is 0 Å². The minimum atomic E-state index is 0.422.